The first-order valence-electron chi connectivity index (χ1n) is 35.3. The van der Waals surface area contributed by atoms with Crippen LogP contribution in [0.2, 0.25) is 0 Å². The zero-order valence-corrected chi connectivity index (χ0v) is 79.6. The molecule has 0 aliphatic heterocycles. The summed E-state index contributed by atoms with van der Waals surface area (Å²) < 4.78 is 0. The third-order valence-corrected chi connectivity index (χ3v) is 23.3. The molecule has 8 saturated carbocycles. The van der Waals surface area contributed by atoms with Gasteiger partial charge in [-0.2, -0.15) is 6.42 Å². The summed E-state index contributed by atoms with van der Waals surface area (Å²) in [5.74, 6) is 12.7. The van der Waals surface area contributed by atoms with E-state index < -0.39 is 36.3 Å². The van der Waals surface area contributed by atoms with E-state index >= 15 is 0 Å². The molecule has 5 aromatic rings. The Labute approximate surface area is 732 Å². The molecule has 0 nitrogen and oxygen atoms in total. The Bertz CT molecular complexity index is 2940. The zero-order chi connectivity index (χ0) is 65.2. The number of halogens is 11. The molecule has 98 heavy (non-hydrogen) atoms. The van der Waals surface area contributed by atoms with Gasteiger partial charge in [0.2, 0.25) is 0 Å². The van der Waals surface area contributed by atoms with Crippen LogP contribution in [0.4, 0.5) is 0 Å². The summed E-state index contributed by atoms with van der Waals surface area (Å²) in [6.45, 7) is 5.72. The van der Waals surface area contributed by atoms with E-state index in [1.54, 1.807) is 22.3 Å². The predicted molar refractivity (Wildman–Crippen MR) is 464 cm³/mol. The normalized spacial score (nSPS) is 26.4. The van der Waals surface area contributed by atoms with Crippen LogP contribution in [0.3, 0.4) is 0 Å². The average Bonchev–Trinajstić information content (AvgIpc) is 1.56. The molecule has 0 heterocycles. The van der Waals surface area contributed by atoms with E-state index in [1.165, 1.54) is 212 Å². The summed E-state index contributed by atoms with van der Waals surface area (Å²) in [6.07, 6.45) is 50.5. The van der Waals surface area contributed by atoms with Gasteiger partial charge in [-0.1, -0.05) is 237 Å². The summed E-state index contributed by atoms with van der Waals surface area (Å²) >= 11 is 5.42. The van der Waals surface area contributed by atoms with E-state index in [2.05, 4.69) is 228 Å². The van der Waals surface area contributed by atoms with E-state index in [4.69, 9.17) is 51.1 Å². The SMILES string of the molecule is C.C1=CC(Cc2ccccc2C2=CCc3ccccc32)c2ccccc21.II.I[I-]I.[CH2-]CCC.[CH3-].[CH3-].[Cl][Zr+2][Cl].[Cl][Zr]([Cl])([Cl])[Cl].[H-].[H-].[H-].[H-].[Li+].[Li-].[Li-].c1ccc(C2CCC3CCCCC32)c(CC2CCC3CCCCC32)c1.c1ccc(C2CCC3CCCCC32)c(CC2CCC3CCCCC32)c1. The van der Waals surface area contributed by atoms with Gasteiger partial charge in [0.25, 0.3) is 0 Å². The number of rotatable bonds is 10. The first-order valence-corrected chi connectivity index (χ1v) is 73.1. The third-order valence-electron chi connectivity index (χ3n) is 23.3. The molecular formula is C82H115Cl6I5Li3Zr2-7. The van der Waals surface area contributed by atoms with Gasteiger partial charge in [0, 0.05) is 43.1 Å². The van der Waals surface area contributed by atoms with Crippen molar-refractivity contribution in [1.29, 1.82) is 0 Å². The number of hydrogen-bond donors (Lipinski definition) is 0. The summed E-state index contributed by atoms with van der Waals surface area (Å²) in [5.41, 5.74) is 16.9. The van der Waals surface area contributed by atoms with Gasteiger partial charge in [0.05, 0.1) is 0 Å². The molecule has 10 aliphatic carbocycles. The summed E-state index contributed by atoms with van der Waals surface area (Å²) in [4.78, 5) is 0. The molecule has 4 radical (unpaired) electrons. The molecule has 10 aliphatic rings. The van der Waals surface area contributed by atoms with Crippen molar-refractivity contribution < 1.29 is 74.2 Å². The molecule has 13 unspecified atom stereocenters. The van der Waals surface area contributed by atoms with Crippen molar-refractivity contribution in [2.24, 2.45) is 59.2 Å². The van der Waals surface area contributed by atoms with Crippen LogP contribution in [0, 0.1) is 81.0 Å². The van der Waals surface area contributed by atoms with Crippen LogP contribution < -0.4 is 32.1 Å². The van der Waals surface area contributed by atoms with Crippen molar-refractivity contribution in [3.8, 4) is 0 Å². The van der Waals surface area contributed by atoms with Crippen LogP contribution in [-0.4, -0.2) is 37.7 Å². The first kappa shape index (κ1) is 98.6. The van der Waals surface area contributed by atoms with Crippen molar-refractivity contribution >= 4 is 175 Å². The summed E-state index contributed by atoms with van der Waals surface area (Å²) in [6, 6.07) is 45.8. The first-order chi connectivity index (χ1) is 44.9. The minimum absolute atomic E-state index is 0. The molecule has 0 N–H and O–H groups in total. The third kappa shape index (κ3) is 29.9. The van der Waals surface area contributed by atoms with E-state index in [0.29, 0.717) is 19.2 Å². The van der Waals surface area contributed by atoms with Gasteiger partial charge < -0.3 is 65.2 Å². The van der Waals surface area contributed by atoms with Crippen LogP contribution in [0.15, 0.2) is 133 Å². The number of allylic oxidation sites excluding steroid dienone is 2. The minimum atomic E-state index is -3.29. The molecule has 538 valence electrons. The van der Waals surface area contributed by atoms with Gasteiger partial charge in [-0.25, -0.2) is 0 Å². The van der Waals surface area contributed by atoms with Gasteiger partial charge in [-0.3, -0.25) is 0 Å². The maximum atomic E-state index is 5.04. The molecule has 8 fully saturated rings. The summed E-state index contributed by atoms with van der Waals surface area (Å²) in [5, 5.41) is 0. The van der Waals surface area contributed by atoms with Crippen molar-refractivity contribution in [2.75, 3.05) is 0 Å². The molecule has 13 atom stereocenters. The number of hydrogen-bond acceptors (Lipinski definition) is 0. The molecule has 0 saturated heterocycles. The van der Waals surface area contributed by atoms with Crippen LogP contribution in [0.1, 0.15) is 260 Å². The second-order valence-corrected chi connectivity index (χ2v) is 70.4. The molecule has 0 amide bonds. The zero-order valence-electron chi connectivity index (χ0n) is 63.4. The van der Waals surface area contributed by atoms with E-state index in [9.17, 15) is 0 Å². The monoisotopic (exact) mass is 2150 g/mol. The van der Waals surface area contributed by atoms with Gasteiger partial charge >= 0.3 is 157 Å². The van der Waals surface area contributed by atoms with Crippen LogP contribution in [-0.2, 0) is 62.0 Å². The van der Waals surface area contributed by atoms with Crippen molar-refractivity contribution in [1.82, 2.24) is 0 Å². The number of benzene rings is 5. The van der Waals surface area contributed by atoms with Gasteiger partial charge in [-0.05, 0) is 235 Å². The molecular weight excluding hydrogens is 2040 g/mol. The molecule has 16 heteroatoms. The standard InChI is InChI=1S/2C25H36.C25H20.C4H9.CH4.2CH3.6ClH.I3.I2.3Li.2Zr.4H/c3*1-4-10-22-18(7-1)13-14-21(22)17-20-9-3-6-12-24(20)25-16-15-19-8-2-5-11-23(19)25;1-3-4-2;;;;;;;;;;1-3-2;1-2;;;;;;;;;/h2*3,6,9,12,18-19,21-23,25H,1-2,4-5,7-8,10-11,13-17H2;1-14,16,21H,15,17H2;1,3-4H2,2H3;1H4;2*1H3;6*1H;;;;;;;;;;;/q;;;-1;;2*-1;;;;;;;-1;;2*-1;+1;2*+4;4*-1/p-6. The van der Waals surface area contributed by atoms with E-state index in [0.717, 1.165) is 90.3 Å². The Balaban J connectivity index is -0.00000124. The van der Waals surface area contributed by atoms with E-state index in [-0.39, 0.29) is 84.6 Å². The topological polar surface area (TPSA) is 0 Å². The predicted octanol–water partition coefficient (Wildman–Crippen LogP) is 24.8. The minimum Gasteiger partial charge on any atom is -1.00 e. The maximum Gasteiger partial charge on any atom is 1.00 e. The van der Waals surface area contributed by atoms with Crippen molar-refractivity contribution in [3.05, 3.63) is 211 Å². The second kappa shape index (κ2) is 54.2. The van der Waals surface area contributed by atoms with E-state index in [1.807, 2.05) is 0 Å². The van der Waals surface area contributed by atoms with Gasteiger partial charge in [0.1, 0.15) is 0 Å². The molecule has 5 aromatic carbocycles. The Kier molecular flexibility index (Phi) is 54.6. The Morgan fingerprint density at radius 1 is 0.490 bits per heavy atom. The maximum absolute atomic E-state index is 5.04. The van der Waals surface area contributed by atoms with Crippen LogP contribution in [0.25, 0.3) is 11.6 Å². The van der Waals surface area contributed by atoms with Crippen molar-refractivity contribution in [2.45, 2.75) is 225 Å². The van der Waals surface area contributed by atoms with Crippen LogP contribution in [0.5, 0.6) is 0 Å². The summed E-state index contributed by atoms with van der Waals surface area (Å²) in [7, 11) is 30.0. The fraction of sp³-hybridized carbons (Fsp3) is 0.549. The largest absolute Gasteiger partial charge is 1.00 e. The Morgan fingerprint density at radius 3 is 1.29 bits per heavy atom. The molecule has 15 rings (SSSR count). The second-order valence-electron chi connectivity index (χ2n) is 28.0. The van der Waals surface area contributed by atoms with Crippen molar-refractivity contribution in [3.63, 3.8) is 0 Å². The van der Waals surface area contributed by atoms with Gasteiger partial charge in [0.15, 0.2) is 0 Å². The fourth-order valence-corrected chi connectivity index (χ4v) is 19.4. The molecule has 0 spiro atoms. The fourth-order valence-electron chi connectivity index (χ4n) is 19.4. The Hall–Kier alpha value is 4.53. The van der Waals surface area contributed by atoms with Gasteiger partial charge in [-0.15, -0.1) is 0 Å². The smallest absolute Gasteiger partial charge is 1.00 e. The Morgan fingerprint density at radius 2 is 0.837 bits per heavy atom. The quantitative estimate of drug-likeness (QED) is 0.0743. The average molecular weight is 2150 g/mol. The molecule has 0 bridgehead atoms. The number of fused-ring (bicyclic) bond motifs is 6. The number of unbranched alkanes of at least 4 members (excludes halogenated alkanes) is 1. The molecule has 0 aromatic heterocycles. The van der Waals surface area contributed by atoms with Crippen LogP contribution >= 0.6 is 126 Å².